The summed E-state index contributed by atoms with van der Waals surface area (Å²) < 4.78 is 0. The van der Waals surface area contributed by atoms with Crippen molar-refractivity contribution in [3.05, 3.63) is 41.3 Å². The van der Waals surface area contributed by atoms with Gasteiger partial charge in [-0.2, -0.15) is 0 Å². The van der Waals surface area contributed by atoms with Crippen molar-refractivity contribution in [2.45, 2.75) is 25.7 Å². The van der Waals surface area contributed by atoms with Crippen LogP contribution in [0.3, 0.4) is 0 Å². The molecule has 69 valence electrons. The van der Waals surface area contributed by atoms with E-state index in [9.17, 15) is 0 Å². The average Bonchev–Trinajstić information content (AvgIpc) is 2.62. The molecule has 0 aromatic heterocycles. The maximum atomic E-state index is 5.81. The van der Waals surface area contributed by atoms with E-state index in [2.05, 4.69) is 18.6 Å². The topological polar surface area (TPSA) is 0 Å². The Bertz CT molecular complexity index is 257. The van der Waals surface area contributed by atoms with Gasteiger partial charge >= 0.3 is 0 Å². The zero-order chi connectivity index (χ0) is 9.10. The molecule has 2 rings (SSSR count). The Labute approximate surface area is 84.9 Å². The SMILES string of the molecule is Clc1ccc([CH]C2CCCC2)cc1. The van der Waals surface area contributed by atoms with Crippen LogP contribution in [0.15, 0.2) is 24.3 Å². The highest BCUT2D eigenvalue weighted by atomic mass is 35.5. The Morgan fingerprint density at radius 2 is 1.69 bits per heavy atom. The molecule has 0 saturated heterocycles. The zero-order valence-electron chi connectivity index (χ0n) is 7.67. The van der Waals surface area contributed by atoms with Crippen molar-refractivity contribution < 1.29 is 0 Å². The summed E-state index contributed by atoms with van der Waals surface area (Å²) in [6, 6.07) is 8.12. The molecule has 1 aromatic carbocycles. The molecule has 1 aliphatic rings. The number of hydrogen-bond donors (Lipinski definition) is 0. The fourth-order valence-corrected chi connectivity index (χ4v) is 2.10. The number of halogens is 1. The first-order valence-corrected chi connectivity index (χ1v) is 5.33. The Balaban J connectivity index is 1.97. The van der Waals surface area contributed by atoms with Crippen LogP contribution in [0.4, 0.5) is 0 Å². The fourth-order valence-electron chi connectivity index (χ4n) is 1.97. The molecule has 1 saturated carbocycles. The first kappa shape index (κ1) is 9.08. The smallest absolute Gasteiger partial charge is 0.0406 e. The van der Waals surface area contributed by atoms with Crippen LogP contribution in [-0.2, 0) is 0 Å². The van der Waals surface area contributed by atoms with Gasteiger partial charge in [-0.3, -0.25) is 0 Å². The van der Waals surface area contributed by atoms with Crippen molar-refractivity contribution in [3.8, 4) is 0 Å². The molecule has 0 nitrogen and oxygen atoms in total. The van der Waals surface area contributed by atoms with Gasteiger partial charge in [0.05, 0.1) is 0 Å². The van der Waals surface area contributed by atoms with E-state index in [1.165, 1.54) is 31.2 Å². The van der Waals surface area contributed by atoms with Crippen LogP contribution in [0.1, 0.15) is 31.2 Å². The minimum atomic E-state index is 0.807. The van der Waals surface area contributed by atoms with Gasteiger partial charge in [0.1, 0.15) is 0 Å². The quantitative estimate of drug-likeness (QED) is 0.664. The molecule has 1 fully saturated rings. The second-order valence-corrected chi connectivity index (χ2v) is 4.20. The molecule has 0 atom stereocenters. The monoisotopic (exact) mass is 193 g/mol. The predicted molar refractivity (Wildman–Crippen MR) is 56.8 cm³/mol. The van der Waals surface area contributed by atoms with Crippen LogP contribution in [0.5, 0.6) is 0 Å². The van der Waals surface area contributed by atoms with Gasteiger partial charge in [-0.15, -0.1) is 0 Å². The molecule has 0 heterocycles. The third-order valence-corrected chi connectivity index (χ3v) is 2.95. The third kappa shape index (κ3) is 2.47. The fraction of sp³-hybridized carbons (Fsp3) is 0.417. The van der Waals surface area contributed by atoms with Crippen LogP contribution < -0.4 is 0 Å². The highest BCUT2D eigenvalue weighted by Crippen LogP contribution is 2.29. The van der Waals surface area contributed by atoms with Gasteiger partial charge in [0, 0.05) is 5.02 Å². The molecule has 1 heteroatoms. The lowest BCUT2D eigenvalue weighted by Crippen LogP contribution is -1.94. The zero-order valence-corrected chi connectivity index (χ0v) is 8.43. The van der Waals surface area contributed by atoms with Crippen molar-refractivity contribution in [2.24, 2.45) is 5.92 Å². The first-order valence-electron chi connectivity index (χ1n) is 4.95. The Morgan fingerprint density at radius 3 is 2.31 bits per heavy atom. The van der Waals surface area contributed by atoms with E-state index in [1.54, 1.807) is 0 Å². The van der Waals surface area contributed by atoms with Crippen molar-refractivity contribution in [1.29, 1.82) is 0 Å². The molecule has 1 radical (unpaired) electrons. The number of rotatable bonds is 2. The summed E-state index contributed by atoms with van der Waals surface area (Å²) in [5.41, 5.74) is 1.32. The molecule has 13 heavy (non-hydrogen) atoms. The molecular formula is C12H14Cl. The van der Waals surface area contributed by atoms with E-state index < -0.39 is 0 Å². The minimum Gasteiger partial charge on any atom is -0.0843 e. The molecule has 0 amide bonds. The molecule has 0 unspecified atom stereocenters. The van der Waals surface area contributed by atoms with E-state index in [1.807, 2.05) is 12.1 Å². The lowest BCUT2D eigenvalue weighted by atomic mass is 9.98. The largest absolute Gasteiger partial charge is 0.0843 e. The number of benzene rings is 1. The molecule has 0 spiro atoms. The summed E-state index contributed by atoms with van der Waals surface area (Å²) in [4.78, 5) is 0. The normalized spacial score (nSPS) is 17.9. The highest BCUT2D eigenvalue weighted by molar-refractivity contribution is 6.30. The van der Waals surface area contributed by atoms with E-state index in [-0.39, 0.29) is 0 Å². The van der Waals surface area contributed by atoms with Crippen LogP contribution in [0, 0.1) is 12.3 Å². The van der Waals surface area contributed by atoms with Gasteiger partial charge in [0.2, 0.25) is 0 Å². The van der Waals surface area contributed by atoms with Crippen molar-refractivity contribution in [2.75, 3.05) is 0 Å². The second kappa shape index (κ2) is 4.15. The van der Waals surface area contributed by atoms with Crippen molar-refractivity contribution >= 4 is 11.6 Å². The molecule has 0 bridgehead atoms. The first-order chi connectivity index (χ1) is 6.34. The van der Waals surface area contributed by atoms with Crippen LogP contribution in [0.2, 0.25) is 5.02 Å². The molecular weight excluding hydrogens is 180 g/mol. The summed E-state index contributed by atoms with van der Waals surface area (Å²) >= 11 is 5.81. The van der Waals surface area contributed by atoms with Gasteiger partial charge < -0.3 is 0 Å². The summed E-state index contributed by atoms with van der Waals surface area (Å²) in [5, 5.41) is 0.823. The van der Waals surface area contributed by atoms with E-state index in [0.29, 0.717) is 0 Å². The third-order valence-electron chi connectivity index (χ3n) is 2.70. The number of hydrogen-bond acceptors (Lipinski definition) is 0. The van der Waals surface area contributed by atoms with Crippen molar-refractivity contribution in [3.63, 3.8) is 0 Å². The lowest BCUT2D eigenvalue weighted by molar-refractivity contribution is 0.646. The van der Waals surface area contributed by atoms with Crippen LogP contribution >= 0.6 is 11.6 Å². The maximum absolute atomic E-state index is 5.81. The Hall–Kier alpha value is -0.490. The van der Waals surface area contributed by atoms with E-state index in [0.717, 1.165) is 10.9 Å². The standard InChI is InChI=1S/C12H14Cl/c13-12-7-5-11(6-8-12)9-10-3-1-2-4-10/h5-10H,1-4H2. The predicted octanol–water partition coefficient (Wildman–Crippen LogP) is 4.08. The average molecular weight is 194 g/mol. The Morgan fingerprint density at radius 1 is 1.08 bits per heavy atom. The van der Waals surface area contributed by atoms with Crippen molar-refractivity contribution in [1.82, 2.24) is 0 Å². The molecule has 1 aromatic rings. The molecule has 0 aliphatic heterocycles. The second-order valence-electron chi connectivity index (χ2n) is 3.76. The van der Waals surface area contributed by atoms with Gasteiger partial charge in [-0.1, -0.05) is 36.6 Å². The van der Waals surface area contributed by atoms with Gasteiger partial charge in [-0.25, -0.2) is 0 Å². The summed E-state index contributed by atoms with van der Waals surface area (Å²) in [5.74, 6) is 0.807. The summed E-state index contributed by atoms with van der Waals surface area (Å²) in [6.07, 6.45) is 7.90. The lowest BCUT2D eigenvalue weighted by Gasteiger charge is -2.07. The van der Waals surface area contributed by atoms with E-state index in [4.69, 9.17) is 11.6 Å². The van der Waals surface area contributed by atoms with E-state index >= 15 is 0 Å². The van der Waals surface area contributed by atoms with Gasteiger partial charge in [0.25, 0.3) is 0 Å². The van der Waals surface area contributed by atoms with Crippen LogP contribution in [0.25, 0.3) is 0 Å². The summed E-state index contributed by atoms with van der Waals surface area (Å²) in [7, 11) is 0. The molecule has 0 N–H and O–H groups in total. The Kier molecular flexibility index (Phi) is 2.90. The summed E-state index contributed by atoms with van der Waals surface area (Å²) in [6.45, 7) is 0. The van der Waals surface area contributed by atoms with Crippen LogP contribution in [-0.4, -0.2) is 0 Å². The molecule has 1 aliphatic carbocycles. The van der Waals surface area contributed by atoms with Gasteiger partial charge in [0.15, 0.2) is 0 Å². The maximum Gasteiger partial charge on any atom is 0.0406 e. The minimum absolute atomic E-state index is 0.807. The van der Waals surface area contributed by atoms with Gasteiger partial charge in [-0.05, 0) is 42.9 Å². The highest BCUT2D eigenvalue weighted by Gasteiger charge is 2.15.